The number of aliphatic carboxylic acids is 1. The maximum Gasteiger partial charge on any atom is 0.309 e. The van der Waals surface area contributed by atoms with Crippen molar-refractivity contribution < 1.29 is 14.7 Å². The average Bonchev–Trinajstić information content (AvgIpc) is 2.76. The molecule has 2 N–H and O–H groups in total. The number of amides is 1. The zero-order chi connectivity index (χ0) is 13.4. The summed E-state index contributed by atoms with van der Waals surface area (Å²) in [6, 6.07) is 0. The molecule has 0 bridgehead atoms. The van der Waals surface area contributed by atoms with Crippen LogP contribution in [0.5, 0.6) is 0 Å². The minimum absolute atomic E-state index is 0.137. The van der Waals surface area contributed by atoms with Crippen molar-refractivity contribution in [1.29, 1.82) is 0 Å². The molecule has 2 saturated carbocycles. The summed E-state index contributed by atoms with van der Waals surface area (Å²) in [6.07, 6.45) is 6.44. The monoisotopic (exact) mass is 253 g/mol. The maximum atomic E-state index is 12.0. The van der Waals surface area contributed by atoms with Crippen LogP contribution in [0.15, 0.2) is 0 Å². The van der Waals surface area contributed by atoms with E-state index in [0.717, 1.165) is 6.42 Å². The van der Waals surface area contributed by atoms with Crippen LogP contribution in [0.2, 0.25) is 0 Å². The molecule has 0 aromatic carbocycles. The molecule has 4 nitrogen and oxygen atoms in total. The first-order chi connectivity index (χ1) is 8.37. The van der Waals surface area contributed by atoms with Crippen LogP contribution in [0.3, 0.4) is 0 Å². The highest BCUT2D eigenvalue weighted by Gasteiger charge is 2.58. The molecule has 0 heterocycles. The van der Waals surface area contributed by atoms with Crippen molar-refractivity contribution in [3.8, 4) is 0 Å². The van der Waals surface area contributed by atoms with E-state index in [1.807, 2.05) is 0 Å². The van der Waals surface area contributed by atoms with Gasteiger partial charge in [0.2, 0.25) is 5.91 Å². The molecule has 2 aliphatic rings. The molecule has 1 amide bonds. The molecular weight excluding hydrogens is 230 g/mol. The van der Waals surface area contributed by atoms with Gasteiger partial charge in [0.25, 0.3) is 0 Å². The van der Waals surface area contributed by atoms with Crippen molar-refractivity contribution in [3.05, 3.63) is 0 Å². The van der Waals surface area contributed by atoms with Crippen LogP contribution in [0.4, 0.5) is 0 Å². The summed E-state index contributed by atoms with van der Waals surface area (Å²) in [4.78, 5) is 22.9. The first-order valence-electron chi connectivity index (χ1n) is 6.89. The Kier molecular flexibility index (Phi) is 3.39. The van der Waals surface area contributed by atoms with Gasteiger partial charge in [-0.3, -0.25) is 9.59 Å². The minimum atomic E-state index is -0.810. The molecule has 1 atom stereocenters. The average molecular weight is 253 g/mol. The Labute approximate surface area is 108 Å². The fourth-order valence-electron chi connectivity index (χ4n) is 3.08. The highest BCUT2D eigenvalue weighted by Crippen LogP contribution is 2.62. The van der Waals surface area contributed by atoms with Crippen molar-refractivity contribution in [2.45, 2.75) is 52.4 Å². The van der Waals surface area contributed by atoms with Gasteiger partial charge in [-0.25, -0.2) is 0 Å². The Morgan fingerprint density at radius 2 is 1.94 bits per heavy atom. The third-order valence-corrected chi connectivity index (χ3v) is 4.73. The van der Waals surface area contributed by atoms with E-state index < -0.39 is 11.4 Å². The van der Waals surface area contributed by atoms with E-state index >= 15 is 0 Å². The lowest BCUT2D eigenvalue weighted by Gasteiger charge is -2.19. The van der Waals surface area contributed by atoms with Crippen LogP contribution in [-0.4, -0.2) is 23.5 Å². The number of carbonyl (C=O) groups excluding carboxylic acids is 1. The molecule has 4 heteroatoms. The quantitative estimate of drug-likeness (QED) is 0.789. The fraction of sp³-hybridized carbons (Fsp3) is 0.857. The van der Waals surface area contributed by atoms with E-state index in [1.54, 1.807) is 13.8 Å². The predicted molar refractivity (Wildman–Crippen MR) is 68.1 cm³/mol. The number of nitrogens with one attached hydrogen (secondary N) is 1. The molecule has 0 saturated heterocycles. The van der Waals surface area contributed by atoms with Gasteiger partial charge in [-0.05, 0) is 44.9 Å². The lowest BCUT2D eigenvalue weighted by molar-refractivity contribution is -0.147. The highest BCUT2D eigenvalue weighted by molar-refractivity contribution is 5.82. The number of hydrogen-bond acceptors (Lipinski definition) is 2. The SMILES string of the molecule is CC(C)(CCNC(=O)C1CC12CCCC2)C(=O)O. The Balaban J connectivity index is 1.72. The molecule has 0 aliphatic heterocycles. The molecule has 0 radical (unpaired) electrons. The smallest absolute Gasteiger partial charge is 0.309 e. The van der Waals surface area contributed by atoms with Crippen LogP contribution in [-0.2, 0) is 9.59 Å². The van der Waals surface area contributed by atoms with Crippen LogP contribution in [0.1, 0.15) is 52.4 Å². The van der Waals surface area contributed by atoms with E-state index in [-0.39, 0.29) is 11.8 Å². The minimum Gasteiger partial charge on any atom is -0.481 e. The largest absolute Gasteiger partial charge is 0.481 e. The van der Waals surface area contributed by atoms with Crippen molar-refractivity contribution in [2.75, 3.05) is 6.54 Å². The molecule has 1 unspecified atom stereocenters. The number of carboxylic acids is 1. The van der Waals surface area contributed by atoms with Gasteiger partial charge in [-0.1, -0.05) is 12.8 Å². The predicted octanol–water partition coefficient (Wildman–Crippen LogP) is 2.18. The zero-order valence-corrected chi connectivity index (χ0v) is 11.3. The topological polar surface area (TPSA) is 66.4 Å². The lowest BCUT2D eigenvalue weighted by atomic mass is 9.89. The summed E-state index contributed by atoms with van der Waals surface area (Å²) in [5.74, 6) is -0.471. The van der Waals surface area contributed by atoms with Gasteiger partial charge in [0.1, 0.15) is 0 Å². The molecule has 1 spiro atoms. The van der Waals surface area contributed by atoms with Crippen molar-refractivity contribution in [1.82, 2.24) is 5.32 Å². The standard InChI is InChI=1S/C14H23NO3/c1-13(2,12(17)18)7-8-15-11(16)10-9-14(10)5-3-4-6-14/h10H,3-9H2,1-2H3,(H,15,16)(H,17,18). The van der Waals surface area contributed by atoms with Gasteiger partial charge < -0.3 is 10.4 Å². The highest BCUT2D eigenvalue weighted by atomic mass is 16.4. The maximum absolute atomic E-state index is 12.0. The van der Waals surface area contributed by atoms with Crippen LogP contribution < -0.4 is 5.32 Å². The molecule has 2 rings (SSSR count). The summed E-state index contributed by atoms with van der Waals surface area (Å²) >= 11 is 0. The molecule has 102 valence electrons. The lowest BCUT2D eigenvalue weighted by Crippen LogP contribution is -2.33. The van der Waals surface area contributed by atoms with Crippen LogP contribution >= 0.6 is 0 Å². The molecule has 2 fully saturated rings. The van der Waals surface area contributed by atoms with Crippen molar-refractivity contribution in [2.24, 2.45) is 16.7 Å². The second-order valence-electron chi connectivity index (χ2n) is 6.56. The Bertz CT molecular complexity index is 356. The van der Waals surface area contributed by atoms with Gasteiger partial charge in [-0.2, -0.15) is 0 Å². The summed E-state index contributed by atoms with van der Waals surface area (Å²) in [5.41, 5.74) is -0.436. The molecule has 18 heavy (non-hydrogen) atoms. The van der Waals surface area contributed by atoms with Gasteiger partial charge in [0, 0.05) is 12.5 Å². The third kappa shape index (κ3) is 2.52. The van der Waals surface area contributed by atoms with Crippen molar-refractivity contribution >= 4 is 11.9 Å². The van der Waals surface area contributed by atoms with E-state index in [4.69, 9.17) is 5.11 Å². The summed E-state index contributed by atoms with van der Waals surface area (Å²) in [6.45, 7) is 3.85. The number of hydrogen-bond donors (Lipinski definition) is 2. The second-order valence-corrected chi connectivity index (χ2v) is 6.56. The first kappa shape index (κ1) is 13.4. The molecular formula is C14H23NO3. The first-order valence-corrected chi connectivity index (χ1v) is 6.89. The fourth-order valence-corrected chi connectivity index (χ4v) is 3.08. The van der Waals surface area contributed by atoms with Crippen LogP contribution in [0.25, 0.3) is 0 Å². The molecule has 2 aliphatic carbocycles. The summed E-state index contributed by atoms with van der Waals surface area (Å²) in [7, 11) is 0. The van der Waals surface area contributed by atoms with E-state index in [2.05, 4.69) is 5.32 Å². The summed E-state index contributed by atoms with van der Waals surface area (Å²) in [5, 5.41) is 11.9. The number of carbonyl (C=O) groups is 2. The summed E-state index contributed by atoms with van der Waals surface area (Å²) < 4.78 is 0. The van der Waals surface area contributed by atoms with E-state index in [1.165, 1.54) is 25.7 Å². The molecule has 0 aromatic heterocycles. The zero-order valence-electron chi connectivity index (χ0n) is 11.3. The Hall–Kier alpha value is -1.06. The van der Waals surface area contributed by atoms with E-state index in [9.17, 15) is 9.59 Å². The van der Waals surface area contributed by atoms with Gasteiger partial charge >= 0.3 is 5.97 Å². The normalized spacial score (nSPS) is 25.1. The van der Waals surface area contributed by atoms with E-state index in [0.29, 0.717) is 18.4 Å². The van der Waals surface area contributed by atoms with Gasteiger partial charge in [0.15, 0.2) is 0 Å². The van der Waals surface area contributed by atoms with Crippen molar-refractivity contribution in [3.63, 3.8) is 0 Å². The van der Waals surface area contributed by atoms with Crippen LogP contribution in [0, 0.1) is 16.7 Å². The second kappa shape index (κ2) is 4.56. The van der Waals surface area contributed by atoms with Gasteiger partial charge in [0.05, 0.1) is 5.41 Å². The number of rotatable bonds is 5. The molecule has 0 aromatic rings. The van der Waals surface area contributed by atoms with Gasteiger partial charge in [-0.15, -0.1) is 0 Å². The Morgan fingerprint density at radius 1 is 1.33 bits per heavy atom. The third-order valence-electron chi connectivity index (χ3n) is 4.73. The number of carboxylic acid groups (broad SMARTS) is 1. The Morgan fingerprint density at radius 3 is 2.50 bits per heavy atom.